The van der Waals surface area contributed by atoms with Gasteiger partial charge in [-0.1, -0.05) is 11.8 Å². The second-order valence-corrected chi connectivity index (χ2v) is 8.99. The average molecular weight is 462 g/mol. The molecule has 3 heterocycles. The fourth-order valence-corrected chi connectivity index (χ4v) is 5.25. The van der Waals surface area contributed by atoms with Gasteiger partial charge in [0.15, 0.2) is 0 Å². The van der Waals surface area contributed by atoms with E-state index in [9.17, 15) is 9.59 Å². The third kappa shape index (κ3) is 5.17. The molecule has 0 aliphatic heterocycles. The quantitative estimate of drug-likeness (QED) is 0.331. The molecule has 4 rings (SSSR count). The number of thiophene rings is 1. The Morgan fingerprint density at radius 1 is 1.32 bits per heavy atom. The molecule has 0 aromatic carbocycles. The Labute approximate surface area is 187 Å². The molecule has 3 N–H and O–H groups in total. The molecule has 0 atom stereocenters. The second kappa shape index (κ2) is 10.1. The van der Waals surface area contributed by atoms with Crippen LogP contribution in [0.3, 0.4) is 0 Å². The van der Waals surface area contributed by atoms with E-state index in [0.29, 0.717) is 34.8 Å². The first kappa shape index (κ1) is 21.6. The summed E-state index contributed by atoms with van der Waals surface area (Å²) < 4.78 is 10.6. The second-order valence-electron chi connectivity index (χ2n) is 6.96. The monoisotopic (exact) mass is 461 g/mol. The normalized spacial score (nSPS) is 13.1. The number of rotatable bonds is 9. The number of carbonyl (C=O) groups excluding carboxylic acids is 2. The summed E-state index contributed by atoms with van der Waals surface area (Å²) in [6.07, 6.45) is 5.70. The highest BCUT2D eigenvalue weighted by atomic mass is 32.2. The Hall–Kier alpha value is -2.63. The van der Waals surface area contributed by atoms with Crippen LogP contribution in [0.1, 0.15) is 33.6 Å². The van der Waals surface area contributed by atoms with E-state index in [1.165, 1.54) is 16.2 Å². The van der Waals surface area contributed by atoms with E-state index in [1.807, 2.05) is 12.1 Å². The summed E-state index contributed by atoms with van der Waals surface area (Å²) in [7, 11) is 1.59. The lowest BCUT2D eigenvalue weighted by Crippen LogP contribution is -2.29. The molecule has 0 saturated carbocycles. The van der Waals surface area contributed by atoms with Crippen LogP contribution in [0.4, 0.5) is 5.00 Å². The van der Waals surface area contributed by atoms with Crippen molar-refractivity contribution in [2.45, 2.75) is 30.9 Å². The van der Waals surface area contributed by atoms with E-state index in [2.05, 4.69) is 25.8 Å². The number of aryl methyl sites for hydroxylation is 1. The molecule has 31 heavy (non-hydrogen) atoms. The summed E-state index contributed by atoms with van der Waals surface area (Å²) in [4.78, 5) is 29.6. The average Bonchev–Trinajstić information content (AvgIpc) is 3.51. The number of thioether (sulfide) groups is 1. The van der Waals surface area contributed by atoms with Gasteiger partial charge in [-0.25, -0.2) is 0 Å². The van der Waals surface area contributed by atoms with Crippen LogP contribution in [-0.2, 0) is 22.4 Å². The molecule has 2 amide bonds. The maximum Gasteiger partial charge on any atom is 0.277 e. The van der Waals surface area contributed by atoms with Crippen molar-refractivity contribution in [1.29, 1.82) is 0 Å². The first-order valence-corrected chi connectivity index (χ1v) is 11.8. The van der Waals surface area contributed by atoms with Crippen LogP contribution in [-0.4, -0.2) is 53.0 Å². The van der Waals surface area contributed by atoms with Gasteiger partial charge in [0, 0.05) is 24.7 Å². The maximum atomic E-state index is 12.8. The number of fused-ring (bicyclic) bond motifs is 1. The molecule has 0 saturated heterocycles. The number of H-pyrrole nitrogens is 1. The van der Waals surface area contributed by atoms with Gasteiger partial charge in [0.25, 0.3) is 17.0 Å². The molecular weight excluding hydrogens is 438 g/mol. The summed E-state index contributed by atoms with van der Waals surface area (Å²) in [6, 6.07) is 3.66. The number of hydrogen-bond acceptors (Lipinski definition) is 8. The molecule has 11 heteroatoms. The smallest absolute Gasteiger partial charge is 0.277 e. The number of aromatic amines is 1. The van der Waals surface area contributed by atoms with Gasteiger partial charge >= 0.3 is 0 Å². The van der Waals surface area contributed by atoms with Gasteiger partial charge in [0.05, 0.1) is 17.9 Å². The fraction of sp³-hybridized carbons (Fsp3) is 0.400. The summed E-state index contributed by atoms with van der Waals surface area (Å²) in [5.41, 5.74) is 2.36. The van der Waals surface area contributed by atoms with Gasteiger partial charge in [-0.2, -0.15) is 0 Å². The van der Waals surface area contributed by atoms with Crippen LogP contribution in [0.15, 0.2) is 28.0 Å². The molecule has 1 aliphatic rings. The Bertz CT molecular complexity index is 1040. The van der Waals surface area contributed by atoms with Gasteiger partial charge in [0.1, 0.15) is 10.7 Å². The summed E-state index contributed by atoms with van der Waals surface area (Å²) in [5, 5.41) is 14.6. The van der Waals surface area contributed by atoms with Crippen LogP contribution in [0.2, 0.25) is 0 Å². The van der Waals surface area contributed by atoms with E-state index in [-0.39, 0.29) is 17.6 Å². The van der Waals surface area contributed by atoms with E-state index in [0.717, 1.165) is 48.7 Å². The number of nitrogens with zero attached hydrogens (tertiary/aromatic N) is 2. The minimum atomic E-state index is -0.228. The molecule has 1 aliphatic carbocycles. The third-order valence-corrected chi connectivity index (χ3v) is 6.83. The Morgan fingerprint density at radius 2 is 2.19 bits per heavy atom. The SMILES string of the molecule is COCCNC(=O)c1c(NC(=O)CSc2nnc(-c3ccc[nH]3)o2)sc2c1CCCC2. The number of aromatic nitrogens is 3. The topological polar surface area (TPSA) is 122 Å². The van der Waals surface area contributed by atoms with Crippen molar-refractivity contribution in [1.82, 2.24) is 20.5 Å². The summed E-state index contributed by atoms with van der Waals surface area (Å²) in [6.45, 7) is 0.856. The highest BCUT2D eigenvalue weighted by Crippen LogP contribution is 2.38. The Morgan fingerprint density at radius 3 is 3.00 bits per heavy atom. The van der Waals surface area contributed by atoms with Gasteiger partial charge in [-0.05, 0) is 43.4 Å². The van der Waals surface area contributed by atoms with Crippen LogP contribution in [0.5, 0.6) is 0 Å². The highest BCUT2D eigenvalue weighted by Gasteiger charge is 2.26. The van der Waals surface area contributed by atoms with Crippen molar-refractivity contribution in [2.75, 3.05) is 31.3 Å². The number of nitrogens with one attached hydrogen (secondary N) is 3. The van der Waals surface area contributed by atoms with Crippen molar-refractivity contribution in [3.8, 4) is 11.6 Å². The number of amides is 2. The van der Waals surface area contributed by atoms with E-state index >= 15 is 0 Å². The molecule has 0 radical (unpaired) electrons. The lowest BCUT2D eigenvalue weighted by molar-refractivity contribution is -0.113. The summed E-state index contributed by atoms with van der Waals surface area (Å²) in [5.74, 6) is 0.0644. The number of anilines is 1. The molecule has 0 unspecified atom stereocenters. The van der Waals surface area contributed by atoms with Crippen LogP contribution in [0, 0.1) is 0 Å². The van der Waals surface area contributed by atoms with Gasteiger partial charge in [0.2, 0.25) is 5.91 Å². The third-order valence-electron chi connectivity index (χ3n) is 4.80. The predicted octanol–water partition coefficient (Wildman–Crippen LogP) is 3.11. The minimum Gasteiger partial charge on any atom is -0.410 e. The van der Waals surface area contributed by atoms with Crippen molar-refractivity contribution in [3.63, 3.8) is 0 Å². The standard InChI is InChI=1S/C20H23N5O4S2/c1-28-10-9-22-17(27)16-12-5-2-3-7-14(12)31-19(16)23-15(26)11-30-20-25-24-18(29-20)13-6-4-8-21-13/h4,6,8,21H,2-3,5,7,9-11H2,1H3,(H,22,27)(H,23,26). The Balaban J connectivity index is 1.41. The highest BCUT2D eigenvalue weighted by molar-refractivity contribution is 7.99. The molecule has 3 aromatic heterocycles. The van der Waals surface area contributed by atoms with Crippen molar-refractivity contribution in [2.24, 2.45) is 0 Å². The molecule has 0 spiro atoms. The van der Waals surface area contributed by atoms with Crippen LogP contribution in [0.25, 0.3) is 11.6 Å². The minimum absolute atomic E-state index is 0.0969. The molecule has 0 fully saturated rings. The zero-order valence-electron chi connectivity index (χ0n) is 17.0. The number of carbonyl (C=O) groups is 2. The fourth-order valence-electron chi connectivity index (χ4n) is 3.38. The molecular formula is C20H23N5O4S2. The molecule has 9 nitrogen and oxygen atoms in total. The largest absolute Gasteiger partial charge is 0.410 e. The zero-order chi connectivity index (χ0) is 21.6. The van der Waals surface area contributed by atoms with Crippen LogP contribution >= 0.6 is 23.1 Å². The van der Waals surface area contributed by atoms with Gasteiger partial charge in [-0.3, -0.25) is 9.59 Å². The van der Waals surface area contributed by atoms with Gasteiger partial charge in [-0.15, -0.1) is 21.5 Å². The molecule has 3 aromatic rings. The zero-order valence-corrected chi connectivity index (χ0v) is 18.7. The van der Waals surface area contributed by atoms with E-state index in [1.54, 1.807) is 13.3 Å². The lowest BCUT2D eigenvalue weighted by atomic mass is 9.95. The van der Waals surface area contributed by atoms with Crippen LogP contribution < -0.4 is 10.6 Å². The summed E-state index contributed by atoms with van der Waals surface area (Å²) >= 11 is 2.65. The van der Waals surface area contributed by atoms with E-state index in [4.69, 9.17) is 9.15 Å². The lowest BCUT2D eigenvalue weighted by Gasteiger charge is -2.13. The first-order valence-electron chi connectivity index (χ1n) is 9.97. The van der Waals surface area contributed by atoms with Gasteiger partial charge < -0.3 is 24.8 Å². The van der Waals surface area contributed by atoms with Crippen molar-refractivity contribution in [3.05, 3.63) is 34.3 Å². The molecule has 0 bridgehead atoms. The van der Waals surface area contributed by atoms with Crippen molar-refractivity contribution < 1.29 is 18.7 Å². The predicted molar refractivity (Wildman–Crippen MR) is 119 cm³/mol. The first-order chi connectivity index (χ1) is 15.2. The van der Waals surface area contributed by atoms with Crippen molar-refractivity contribution >= 4 is 39.9 Å². The maximum absolute atomic E-state index is 12.8. The Kier molecular flexibility index (Phi) is 7.05. The molecule has 164 valence electrons. The number of hydrogen-bond donors (Lipinski definition) is 3. The number of methoxy groups -OCH3 is 1. The number of ether oxygens (including phenoxy) is 1. The van der Waals surface area contributed by atoms with E-state index < -0.39 is 0 Å².